The van der Waals surface area contributed by atoms with Crippen molar-refractivity contribution in [1.82, 2.24) is 24.9 Å². The van der Waals surface area contributed by atoms with Crippen LogP contribution in [-0.4, -0.2) is 51.3 Å². The highest BCUT2D eigenvalue weighted by molar-refractivity contribution is 5.94. The summed E-state index contributed by atoms with van der Waals surface area (Å²) in [5.41, 5.74) is 3.22. The monoisotopic (exact) mass is 447 g/mol. The summed E-state index contributed by atoms with van der Waals surface area (Å²) in [4.78, 5) is 12.8. The van der Waals surface area contributed by atoms with Crippen molar-refractivity contribution in [3.8, 4) is 28.4 Å². The smallest absolute Gasteiger partial charge is 0.269 e. The third-order valence-corrected chi connectivity index (χ3v) is 5.30. The predicted octanol–water partition coefficient (Wildman–Crippen LogP) is 2.75. The van der Waals surface area contributed by atoms with E-state index in [9.17, 15) is 9.90 Å². The van der Waals surface area contributed by atoms with Crippen LogP contribution in [0.4, 0.5) is 0 Å². The Balaban J connectivity index is 1.45. The maximum atomic E-state index is 12.8. The maximum absolute atomic E-state index is 12.8. The van der Waals surface area contributed by atoms with Crippen molar-refractivity contribution >= 4 is 5.91 Å². The number of hydrogen-bond donors (Lipinski definition) is 2. The van der Waals surface area contributed by atoms with Gasteiger partial charge in [0, 0.05) is 31.5 Å². The second-order valence-corrected chi connectivity index (χ2v) is 7.37. The molecule has 4 aromatic rings. The van der Waals surface area contributed by atoms with Gasteiger partial charge < -0.3 is 19.9 Å². The van der Waals surface area contributed by atoms with Gasteiger partial charge in [-0.25, -0.2) is 4.68 Å². The van der Waals surface area contributed by atoms with Crippen LogP contribution in [0, 0.1) is 0 Å². The molecular weight excluding hydrogens is 422 g/mol. The van der Waals surface area contributed by atoms with Crippen LogP contribution in [0.25, 0.3) is 16.9 Å². The van der Waals surface area contributed by atoms with Crippen LogP contribution >= 0.6 is 0 Å². The van der Waals surface area contributed by atoms with Crippen molar-refractivity contribution in [2.45, 2.75) is 6.10 Å². The van der Waals surface area contributed by atoms with Gasteiger partial charge >= 0.3 is 0 Å². The van der Waals surface area contributed by atoms with E-state index in [-0.39, 0.29) is 12.5 Å². The van der Waals surface area contributed by atoms with Crippen LogP contribution in [0.5, 0.6) is 11.5 Å². The molecule has 2 heterocycles. The van der Waals surface area contributed by atoms with Gasteiger partial charge in [0.1, 0.15) is 17.2 Å². The van der Waals surface area contributed by atoms with E-state index in [0.29, 0.717) is 34.0 Å². The van der Waals surface area contributed by atoms with E-state index >= 15 is 0 Å². The minimum absolute atomic E-state index is 0.0585. The van der Waals surface area contributed by atoms with Crippen LogP contribution in [0.15, 0.2) is 67.0 Å². The molecule has 1 atom stereocenters. The fourth-order valence-electron chi connectivity index (χ4n) is 3.49. The van der Waals surface area contributed by atoms with E-state index in [1.54, 1.807) is 56.4 Å². The van der Waals surface area contributed by atoms with E-state index in [2.05, 4.69) is 15.5 Å². The van der Waals surface area contributed by atoms with Crippen molar-refractivity contribution in [3.05, 3.63) is 78.2 Å². The van der Waals surface area contributed by atoms with Gasteiger partial charge in [0.25, 0.3) is 5.91 Å². The Morgan fingerprint density at radius 3 is 2.58 bits per heavy atom. The molecule has 0 saturated carbocycles. The Morgan fingerprint density at radius 1 is 1.12 bits per heavy atom. The van der Waals surface area contributed by atoms with Crippen molar-refractivity contribution in [2.75, 3.05) is 20.8 Å². The Kier molecular flexibility index (Phi) is 6.41. The molecule has 9 nitrogen and oxygen atoms in total. The minimum Gasteiger partial charge on any atom is -0.497 e. The molecule has 170 valence electrons. The molecular formula is C24H25N5O4. The number of methoxy groups -OCH3 is 2. The third-order valence-electron chi connectivity index (χ3n) is 5.30. The molecule has 4 rings (SSSR count). The normalized spacial score (nSPS) is 11.8. The van der Waals surface area contributed by atoms with Gasteiger partial charge in [0.2, 0.25) is 0 Å². The average molecular weight is 447 g/mol. The summed E-state index contributed by atoms with van der Waals surface area (Å²) in [5, 5.41) is 21.9. The molecule has 0 radical (unpaired) electrons. The number of benzene rings is 2. The largest absolute Gasteiger partial charge is 0.497 e. The predicted molar refractivity (Wildman–Crippen MR) is 123 cm³/mol. The molecule has 2 aromatic carbocycles. The number of carbonyl (C=O) groups is 1. The Hall–Kier alpha value is -4.11. The van der Waals surface area contributed by atoms with Crippen LogP contribution in [0.3, 0.4) is 0 Å². The standard InChI is InChI=1S/C24H25N5O4/c1-28-21(14-20(27-28)19-13-18(32-2)9-10-23(19)33-3)24(31)25-15-22(30)16-5-7-17(8-6-16)29-12-4-11-26-29/h4-14,22,30H,15H2,1-3H3,(H,25,31). The number of aryl methyl sites for hydroxylation is 1. The van der Waals surface area contributed by atoms with Gasteiger partial charge in [0.15, 0.2) is 0 Å². The van der Waals surface area contributed by atoms with Gasteiger partial charge in [-0.15, -0.1) is 0 Å². The topological polar surface area (TPSA) is 103 Å². The number of carbonyl (C=O) groups excluding carboxylic acids is 1. The second-order valence-electron chi connectivity index (χ2n) is 7.37. The highest BCUT2D eigenvalue weighted by Crippen LogP contribution is 2.33. The van der Waals surface area contributed by atoms with Crippen molar-refractivity contribution in [2.24, 2.45) is 7.05 Å². The van der Waals surface area contributed by atoms with Gasteiger partial charge in [-0.1, -0.05) is 12.1 Å². The zero-order valence-corrected chi connectivity index (χ0v) is 18.6. The first kappa shape index (κ1) is 22.1. The molecule has 0 aliphatic heterocycles. The molecule has 0 spiro atoms. The van der Waals surface area contributed by atoms with Gasteiger partial charge in [-0.2, -0.15) is 10.2 Å². The van der Waals surface area contributed by atoms with Gasteiger partial charge in [0.05, 0.1) is 31.7 Å². The molecule has 1 unspecified atom stereocenters. The Morgan fingerprint density at radius 2 is 1.91 bits per heavy atom. The number of amides is 1. The lowest BCUT2D eigenvalue weighted by molar-refractivity contribution is 0.0907. The molecule has 0 aliphatic rings. The van der Waals surface area contributed by atoms with Gasteiger partial charge in [-0.05, 0) is 48.0 Å². The lowest BCUT2D eigenvalue weighted by atomic mass is 10.1. The molecule has 0 fully saturated rings. The third kappa shape index (κ3) is 4.73. The molecule has 0 bridgehead atoms. The molecule has 33 heavy (non-hydrogen) atoms. The van der Waals surface area contributed by atoms with E-state index in [4.69, 9.17) is 9.47 Å². The quantitative estimate of drug-likeness (QED) is 0.431. The van der Waals surface area contributed by atoms with Gasteiger partial charge in [-0.3, -0.25) is 9.48 Å². The van der Waals surface area contributed by atoms with Crippen molar-refractivity contribution in [3.63, 3.8) is 0 Å². The van der Waals surface area contributed by atoms with Crippen LogP contribution in [-0.2, 0) is 7.05 Å². The number of aliphatic hydroxyl groups excluding tert-OH is 1. The van der Waals surface area contributed by atoms with Crippen molar-refractivity contribution < 1.29 is 19.4 Å². The summed E-state index contributed by atoms with van der Waals surface area (Å²) in [6.45, 7) is 0.0585. The zero-order valence-electron chi connectivity index (χ0n) is 18.6. The highest BCUT2D eigenvalue weighted by Gasteiger charge is 2.18. The molecule has 0 saturated heterocycles. The lowest BCUT2D eigenvalue weighted by Gasteiger charge is -2.13. The number of aromatic nitrogens is 4. The van der Waals surface area contributed by atoms with Crippen molar-refractivity contribution in [1.29, 1.82) is 0 Å². The molecule has 2 N–H and O–H groups in total. The van der Waals surface area contributed by atoms with E-state index in [1.165, 1.54) is 4.68 Å². The first-order chi connectivity index (χ1) is 16.0. The molecule has 2 aromatic heterocycles. The van der Waals surface area contributed by atoms with E-state index < -0.39 is 6.10 Å². The number of ether oxygens (including phenoxy) is 2. The fraction of sp³-hybridized carbons (Fsp3) is 0.208. The summed E-state index contributed by atoms with van der Waals surface area (Å²) in [7, 11) is 4.85. The number of nitrogens with one attached hydrogen (secondary N) is 1. The summed E-state index contributed by atoms with van der Waals surface area (Å²) >= 11 is 0. The molecule has 1 amide bonds. The SMILES string of the molecule is COc1ccc(OC)c(-c2cc(C(=O)NCC(O)c3ccc(-n4cccn4)cc3)n(C)n2)c1. The average Bonchev–Trinajstić information content (AvgIpc) is 3.52. The lowest BCUT2D eigenvalue weighted by Crippen LogP contribution is -2.29. The first-order valence-electron chi connectivity index (χ1n) is 10.3. The second kappa shape index (κ2) is 9.58. The summed E-state index contributed by atoms with van der Waals surface area (Å²) in [6.07, 6.45) is 2.69. The summed E-state index contributed by atoms with van der Waals surface area (Å²) in [6, 6.07) is 16.3. The fourth-order valence-corrected chi connectivity index (χ4v) is 3.49. The Labute approximate surface area is 191 Å². The van der Waals surface area contributed by atoms with Crippen LogP contribution in [0.2, 0.25) is 0 Å². The summed E-state index contributed by atoms with van der Waals surface area (Å²) < 4.78 is 13.9. The maximum Gasteiger partial charge on any atom is 0.269 e. The number of nitrogens with zero attached hydrogens (tertiary/aromatic N) is 4. The van der Waals surface area contributed by atoms with E-state index in [1.807, 2.05) is 36.5 Å². The minimum atomic E-state index is -0.855. The highest BCUT2D eigenvalue weighted by atomic mass is 16.5. The number of rotatable bonds is 8. The molecule has 9 heteroatoms. The number of aliphatic hydroxyl groups is 1. The van der Waals surface area contributed by atoms with Crippen LogP contribution < -0.4 is 14.8 Å². The van der Waals surface area contributed by atoms with Crippen LogP contribution in [0.1, 0.15) is 22.2 Å². The zero-order chi connectivity index (χ0) is 23.4. The Bertz CT molecular complexity index is 1230. The first-order valence-corrected chi connectivity index (χ1v) is 10.3. The number of hydrogen-bond acceptors (Lipinski definition) is 6. The molecule has 0 aliphatic carbocycles. The van der Waals surface area contributed by atoms with E-state index in [0.717, 1.165) is 5.69 Å². The summed E-state index contributed by atoms with van der Waals surface area (Å²) in [5.74, 6) is 0.935.